The van der Waals surface area contributed by atoms with Gasteiger partial charge < -0.3 is 42.5 Å². The fourth-order valence-electron chi connectivity index (χ4n) is 4.22. The van der Waals surface area contributed by atoms with E-state index >= 15 is 0 Å². The number of aryl methyl sites for hydroxylation is 1. The lowest BCUT2D eigenvalue weighted by molar-refractivity contribution is -0.142. The van der Waals surface area contributed by atoms with Gasteiger partial charge in [0.15, 0.2) is 0 Å². The second kappa shape index (κ2) is 18.9. The van der Waals surface area contributed by atoms with Gasteiger partial charge in [-0.2, -0.15) is 0 Å². The number of aliphatic carboxylic acids is 2. The molecule has 9 N–H and O–H groups in total. The molecule has 0 fully saturated rings. The highest BCUT2D eigenvalue weighted by molar-refractivity contribution is 6.00. The van der Waals surface area contributed by atoms with Crippen LogP contribution in [0.15, 0.2) is 48.5 Å². The maximum Gasteiger partial charge on any atom is 0.326 e. The third-order valence-corrected chi connectivity index (χ3v) is 6.66. The largest absolute Gasteiger partial charge is 0.481 e. The first kappa shape index (κ1) is 37.4. The van der Waals surface area contributed by atoms with E-state index < -0.39 is 73.1 Å². The first-order valence-corrected chi connectivity index (χ1v) is 14.6. The van der Waals surface area contributed by atoms with E-state index in [-0.39, 0.29) is 29.9 Å². The van der Waals surface area contributed by atoms with Crippen LogP contribution in [0.25, 0.3) is 0 Å². The molecular weight excluding hydrogens is 616 g/mol. The molecule has 16 nitrogen and oxygen atoms in total. The molecule has 0 heterocycles. The molecule has 2 aromatic carbocycles. The Morgan fingerprint density at radius 2 is 1.28 bits per heavy atom. The summed E-state index contributed by atoms with van der Waals surface area (Å²) in [5.41, 5.74) is 6.75. The number of benzene rings is 2. The summed E-state index contributed by atoms with van der Waals surface area (Å²) in [4.78, 5) is 96.2. The molecule has 47 heavy (non-hydrogen) atoms. The van der Waals surface area contributed by atoms with Gasteiger partial charge in [-0.05, 0) is 62.9 Å². The van der Waals surface area contributed by atoms with Crippen LogP contribution in [0.5, 0.6) is 0 Å². The standard InChI is InChI=1S/C31H38N6O10/c1-18-6-4-8-20(14-18)28(43)33-13-3-2-10-23(31(46)47)37-25(39)17-35-30(45)22(11-12-26(40)41)36-24(38)16-34-29(44)21-9-5-7-19(15-21)27(32)42/h4-9,14-15,22-23H,2-3,10-13,16-17H2,1H3,(H2,32,42)(H,33,43)(H,34,44)(H,35,45)(H,36,38)(H,37,39)(H,40,41)(H,46,47). The average Bonchev–Trinajstić information content (AvgIpc) is 3.03. The number of carbonyl (C=O) groups excluding carboxylic acids is 6. The van der Waals surface area contributed by atoms with Crippen LogP contribution >= 0.6 is 0 Å². The molecular formula is C31H38N6O10. The molecule has 0 spiro atoms. The van der Waals surface area contributed by atoms with Crippen molar-refractivity contribution in [1.82, 2.24) is 26.6 Å². The summed E-state index contributed by atoms with van der Waals surface area (Å²) in [6.07, 6.45) is -0.0109. The first-order chi connectivity index (χ1) is 22.3. The fourth-order valence-corrected chi connectivity index (χ4v) is 4.22. The highest BCUT2D eigenvalue weighted by atomic mass is 16.4. The quantitative estimate of drug-likeness (QED) is 0.0897. The van der Waals surface area contributed by atoms with Crippen LogP contribution in [0.2, 0.25) is 0 Å². The summed E-state index contributed by atoms with van der Waals surface area (Å²) in [6, 6.07) is 9.80. The number of carboxylic acids is 2. The van der Waals surface area contributed by atoms with Gasteiger partial charge in [-0.1, -0.05) is 23.8 Å². The molecule has 0 aromatic heterocycles. The van der Waals surface area contributed by atoms with Crippen molar-refractivity contribution >= 4 is 47.4 Å². The number of rotatable bonds is 19. The van der Waals surface area contributed by atoms with Gasteiger partial charge >= 0.3 is 11.9 Å². The van der Waals surface area contributed by atoms with Gasteiger partial charge in [0.05, 0.1) is 13.1 Å². The zero-order valence-electron chi connectivity index (χ0n) is 25.7. The van der Waals surface area contributed by atoms with E-state index in [1.54, 1.807) is 18.2 Å². The van der Waals surface area contributed by atoms with Gasteiger partial charge in [0.2, 0.25) is 23.6 Å². The summed E-state index contributed by atoms with van der Waals surface area (Å²) in [6.45, 7) is 0.883. The maximum atomic E-state index is 12.7. The predicted octanol–water partition coefficient (Wildman–Crippen LogP) is -0.541. The van der Waals surface area contributed by atoms with Crippen LogP contribution in [0.4, 0.5) is 0 Å². The monoisotopic (exact) mass is 654 g/mol. The number of carbonyl (C=O) groups is 8. The van der Waals surface area contributed by atoms with Crippen LogP contribution in [0.3, 0.4) is 0 Å². The Labute approximate surface area is 269 Å². The number of nitrogens with two attached hydrogens (primary N) is 1. The fraction of sp³-hybridized carbons (Fsp3) is 0.355. The molecule has 252 valence electrons. The van der Waals surface area contributed by atoms with E-state index in [0.717, 1.165) is 5.56 Å². The Morgan fingerprint density at radius 1 is 0.702 bits per heavy atom. The number of unbranched alkanes of at least 4 members (excludes halogenated alkanes) is 1. The molecule has 16 heteroatoms. The van der Waals surface area contributed by atoms with Gasteiger partial charge in [0.25, 0.3) is 11.8 Å². The Morgan fingerprint density at radius 3 is 1.89 bits per heavy atom. The molecule has 2 aromatic rings. The summed E-state index contributed by atoms with van der Waals surface area (Å²) >= 11 is 0. The minimum absolute atomic E-state index is 0.0461. The molecule has 0 saturated carbocycles. The molecule has 2 rings (SSSR count). The van der Waals surface area contributed by atoms with Crippen molar-refractivity contribution in [3.05, 3.63) is 70.8 Å². The van der Waals surface area contributed by atoms with Gasteiger partial charge in [0, 0.05) is 29.7 Å². The van der Waals surface area contributed by atoms with Crippen molar-refractivity contribution in [2.45, 2.75) is 51.1 Å². The van der Waals surface area contributed by atoms with E-state index in [0.29, 0.717) is 24.9 Å². The zero-order chi connectivity index (χ0) is 34.9. The molecule has 0 aliphatic carbocycles. The van der Waals surface area contributed by atoms with Crippen molar-refractivity contribution < 1.29 is 48.6 Å². The number of nitrogens with one attached hydrogen (secondary N) is 5. The van der Waals surface area contributed by atoms with Crippen molar-refractivity contribution in [3.63, 3.8) is 0 Å². The summed E-state index contributed by atoms with van der Waals surface area (Å²) in [5.74, 6) is -6.89. The van der Waals surface area contributed by atoms with Crippen LogP contribution < -0.4 is 32.3 Å². The third kappa shape index (κ3) is 13.8. The molecule has 2 atom stereocenters. The number of carboxylic acid groups (broad SMARTS) is 2. The number of hydrogen-bond acceptors (Lipinski definition) is 8. The van der Waals surface area contributed by atoms with E-state index in [4.69, 9.17) is 10.8 Å². The van der Waals surface area contributed by atoms with Crippen molar-refractivity contribution in [2.75, 3.05) is 19.6 Å². The van der Waals surface area contributed by atoms with Gasteiger partial charge in [-0.15, -0.1) is 0 Å². The lowest BCUT2D eigenvalue weighted by Crippen LogP contribution is -2.52. The Bertz CT molecular complexity index is 1490. The van der Waals surface area contributed by atoms with Crippen LogP contribution in [0.1, 0.15) is 68.7 Å². The predicted molar refractivity (Wildman–Crippen MR) is 166 cm³/mol. The minimum atomic E-state index is -1.40. The molecule has 2 unspecified atom stereocenters. The molecule has 6 amide bonds. The van der Waals surface area contributed by atoms with E-state index in [1.807, 2.05) is 13.0 Å². The van der Waals surface area contributed by atoms with Gasteiger partial charge in [0.1, 0.15) is 12.1 Å². The zero-order valence-corrected chi connectivity index (χ0v) is 25.7. The van der Waals surface area contributed by atoms with Gasteiger partial charge in [-0.3, -0.25) is 33.6 Å². The number of amides is 6. The highest BCUT2D eigenvalue weighted by Crippen LogP contribution is 2.06. The molecule has 0 aliphatic rings. The SMILES string of the molecule is Cc1cccc(C(=O)NCCCCC(NC(=O)CNC(=O)C(CCC(=O)O)NC(=O)CNC(=O)c2cccc(C(N)=O)c2)C(=O)O)c1. The van der Waals surface area contributed by atoms with Crippen LogP contribution in [-0.2, 0) is 24.0 Å². The number of hydrogen-bond donors (Lipinski definition) is 8. The van der Waals surface area contributed by atoms with Crippen molar-refractivity contribution in [1.29, 1.82) is 0 Å². The lowest BCUT2D eigenvalue weighted by atomic mass is 10.1. The van der Waals surface area contributed by atoms with Crippen LogP contribution in [0, 0.1) is 6.92 Å². The topological polar surface area (TPSA) is 263 Å². The Kier molecular flexibility index (Phi) is 15.0. The second-order valence-electron chi connectivity index (χ2n) is 10.5. The molecule has 0 aliphatic heterocycles. The normalized spacial score (nSPS) is 11.7. The molecule has 0 radical (unpaired) electrons. The lowest BCUT2D eigenvalue weighted by Gasteiger charge is -2.19. The molecule has 0 bridgehead atoms. The van der Waals surface area contributed by atoms with Gasteiger partial charge in [-0.25, -0.2) is 4.79 Å². The van der Waals surface area contributed by atoms with E-state index in [1.165, 1.54) is 24.3 Å². The maximum absolute atomic E-state index is 12.7. The minimum Gasteiger partial charge on any atom is -0.481 e. The molecule has 0 saturated heterocycles. The smallest absolute Gasteiger partial charge is 0.326 e. The summed E-state index contributed by atoms with van der Waals surface area (Å²) in [5, 5.41) is 30.4. The second-order valence-corrected chi connectivity index (χ2v) is 10.5. The van der Waals surface area contributed by atoms with E-state index in [2.05, 4.69) is 26.6 Å². The summed E-state index contributed by atoms with van der Waals surface area (Å²) in [7, 11) is 0. The average molecular weight is 655 g/mol. The van der Waals surface area contributed by atoms with Crippen molar-refractivity contribution in [2.24, 2.45) is 5.73 Å². The van der Waals surface area contributed by atoms with E-state index in [9.17, 15) is 43.5 Å². The number of primary amides is 1. The highest BCUT2D eigenvalue weighted by Gasteiger charge is 2.24. The van der Waals surface area contributed by atoms with Crippen molar-refractivity contribution in [3.8, 4) is 0 Å². The first-order valence-electron chi connectivity index (χ1n) is 14.6. The van der Waals surface area contributed by atoms with Crippen LogP contribution in [-0.4, -0.2) is 89.3 Å². The Hall–Kier alpha value is -5.80. The summed E-state index contributed by atoms with van der Waals surface area (Å²) < 4.78 is 0. The third-order valence-electron chi connectivity index (χ3n) is 6.66. The Balaban J connectivity index is 1.82.